The van der Waals surface area contributed by atoms with E-state index in [4.69, 9.17) is 5.73 Å². The van der Waals surface area contributed by atoms with Crippen molar-refractivity contribution in [2.75, 3.05) is 40.8 Å². The molecule has 1 fully saturated rings. The number of aliphatic imine (C=N–C) groups is 1. The smallest absolute Gasteiger partial charge is 0.217 e. The number of guanidine groups is 1. The van der Waals surface area contributed by atoms with Crippen LogP contribution in [0.1, 0.15) is 33.1 Å². The van der Waals surface area contributed by atoms with Gasteiger partial charge >= 0.3 is 0 Å². The highest BCUT2D eigenvalue weighted by Crippen LogP contribution is 2.19. The van der Waals surface area contributed by atoms with Crippen molar-refractivity contribution in [1.29, 1.82) is 0 Å². The number of nitrogens with two attached hydrogens (primary N) is 1. The van der Waals surface area contributed by atoms with Crippen LogP contribution in [0.2, 0.25) is 0 Å². The lowest BCUT2D eigenvalue weighted by Gasteiger charge is -2.37. The summed E-state index contributed by atoms with van der Waals surface area (Å²) in [4.78, 5) is 19.9. The van der Waals surface area contributed by atoms with Gasteiger partial charge in [-0.3, -0.25) is 9.79 Å². The van der Waals surface area contributed by atoms with Gasteiger partial charge in [0.1, 0.15) is 0 Å². The third-order valence-electron chi connectivity index (χ3n) is 4.41. The molecule has 0 radical (unpaired) electrons. The maximum absolute atomic E-state index is 11.1. The molecule has 1 aliphatic rings. The van der Waals surface area contributed by atoms with Gasteiger partial charge in [-0.1, -0.05) is 0 Å². The molecule has 1 amide bonds. The van der Waals surface area contributed by atoms with Gasteiger partial charge < -0.3 is 20.9 Å². The van der Waals surface area contributed by atoms with Crippen molar-refractivity contribution >= 4 is 35.8 Å². The van der Waals surface area contributed by atoms with Crippen molar-refractivity contribution in [3.8, 4) is 0 Å². The Morgan fingerprint density at radius 3 is 2.59 bits per heavy atom. The molecule has 0 bridgehead atoms. The third kappa shape index (κ3) is 6.68. The van der Waals surface area contributed by atoms with Crippen LogP contribution in [0.15, 0.2) is 4.99 Å². The normalized spacial score (nSPS) is 19.8. The number of nitrogens with zero attached hydrogens (tertiary/aromatic N) is 3. The first-order valence-corrected chi connectivity index (χ1v) is 7.67. The Balaban J connectivity index is 0.00000441. The van der Waals surface area contributed by atoms with E-state index in [1.54, 1.807) is 0 Å². The predicted octanol–water partition coefficient (Wildman–Crippen LogP) is 1.11. The molecule has 6 nitrogen and oxygen atoms in total. The Morgan fingerprint density at radius 1 is 1.45 bits per heavy atom. The molecule has 22 heavy (non-hydrogen) atoms. The van der Waals surface area contributed by atoms with Gasteiger partial charge in [0, 0.05) is 38.6 Å². The third-order valence-corrected chi connectivity index (χ3v) is 4.41. The zero-order valence-corrected chi connectivity index (χ0v) is 16.9. The van der Waals surface area contributed by atoms with Crippen LogP contribution in [0.25, 0.3) is 0 Å². The Kier molecular flexibility index (Phi) is 9.30. The molecule has 0 aromatic rings. The van der Waals surface area contributed by atoms with Crippen LogP contribution in [0.5, 0.6) is 0 Å². The molecule has 0 saturated carbocycles. The number of primary amides is 1. The van der Waals surface area contributed by atoms with Gasteiger partial charge in [-0.2, -0.15) is 0 Å². The SMILES string of the molecule is CN=C(NCC(C)(C)N(C)C)N1CCCC(CC(N)=O)C1.I. The molecule has 1 saturated heterocycles. The largest absolute Gasteiger partial charge is 0.370 e. The van der Waals surface area contributed by atoms with Gasteiger partial charge in [0.2, 0.25) is 5.91 Å². The Labute approximate surface area is 151 Å². The van der Waals surface area contributed by atoms with Gasteiger partial charge in [0.25, 0.3) is 0 Å². The predicted molar refractivity (Wildman–Crippen MR) is 103 cm³/mol. The lowest BCUT2D eigenvalue weighted by Crippen LogP contribution is -2.53. The average Bonchev–Trinajstić information content (AvgIpc) is 2.38. The fraction of sp³-hybridized carbons (Fsp3) is 0.867. The van der Waals surface area contributed by atoms with Crippen LogP contribution in [0.4, 0.5) is 0 Å². The molecule has 130 valence electrons. The zero-order chi connectivity index (χ0) is 16.0. The van der Waals surface area contributed by atoms with Crippen molar-refractivity contribution in [2.24, 2.45) is 16.6 Å². The number of nitrogens with one attached hydrogen (secondary N) is 1. The summed E-state index contributed by atoms with van der Waals surface area (Å²) in [6.07, 6.45) is 2.62. The quantitative estimate of drug-likeness (QED) is 0.393. The average molecular weight is 425 g/mol. The number of amides is 1. The number of carbonyl (C=O) groups excluding carboxylic acids is 1. The summed E-state index contributed by atoms with van der Waals surface area (Å²) >= 11 is 0. The standard InChI is InChI=1S/C15H31N5O.HI/c1-15(2,19(4)5)11-18-14(17-3)20-8-6-7-12(10-20)9-13(16)21;/h12H,6-11H2,1-5H3,(H2,16,21)(H,17,18);1H. The van der Waals surface area contributed by atoms with Crippen molar-refractivity contribution in [3.05, 3.63) is 0 Å². The molecule has 1 unspecified atom stereocenters. The van der Waals surface area contributed by atoms with Crippen molar-refractivity contribution in [3.63, 3.8) is 0 Å². The van der Waals surface area contributed by atoms with Crippen LogP contribution in [-0.4, -0.2) is 68.0 Å². The molecule has 3 N–H and O–H groups in total. The summed E-state index contributed by atoms with van der Waals surface area (Å²) in [5.74, 6) is 1.05. The lowest BCUT2D eigenvalue weighted by atomic mass is 9.95. The van der Waals surface area contributed by atoms with E-state index in [-0.39, 0.29) is 35.4 Å². The highest BCUT2D eigenvalue weighted by molar-refractivity contribution is 14.0. The molecule has 1 atom stereocenters. The van der Waals surface area contributed by atoms with Crippen molar-refractivity contribution < 1.29 is 4.79 Å². The van der Waals surface area contributed by atoms with E-state index in [9.17, 15) is 4.79 Å². The van der Waals surface area contributed by atoms with Crippen LogP contribution in [0, 0.1) is 5.92 Å². The summed E-state index contributed by atoms with van der Waals surface area (Å²) in [5.41, 5.74) is 5.37. The molecule has 0 spiro atoms. The molecular formula is C15H32IN5O. The molecule has 1 aliphatic heterocycles. The number of likely N-dealkylation sites (N-methyl/N-ethyl adjacent to an activating group) is 1. The summed E-state index contributed by atoms with van der Waals surface area (Å²) in [6, 6.07) is 0. The fourth-order valence-electron chi connectivity index (χ4n) is 2.49. The minimum absolute atomic E-state index is 0. The Morgan fingerprint density at radius 2 is 2.09 bits per heavy atom. The molecule has 7 heteroatoms. The number of piperidine rings is 1. The van der Waals surface area contributed by atoms with E-state index >= 15 is 0 Å². The second kappa shape index (κ2) is 9.54. The monoisotopic (exact) mass is 425 g/mol. The maximum Gasteiger partial charge on any atom is 0.217 e. The number of rotatable bonds is 5. The molecule has 1 heterocycles. The molecule has 1 rings (SSSR count). The molecular weight excluding hydrogens is 393 g/mol. The molecule has 0 aromatic heterocycles. The lowest BCUT2D eigenvalue weighted by molar-refractivity contribution is -0.119. The van der Waals surface area contributed by atoms with Gasteiger partial charge in [-0.25, -0.2) is 0 Å². The van der Waals surface area contributed by atoms with Crippen LogP contribution in [0.3, 0.4) is 0 Å². The number of likely N-dealkylation sites (tertiary alicyclic amines) is 1. The van der Waals surface area contributed by atoms with E-state index < -0.39 is 0 Å². The minimum Gasteiger partial charge on any atom is -0.370 e. The van der Waals surface area contributed by atoms with Gasteiger partial charge in [0.05, 0.1) is 0 Å². The molecule has 0 aromatic carbocycles. The van der Waals surface area contributed by atoms with Crippen molar-refractivity contribution in [1.82, 2.24) is 15.1 Å². The van der Waals surface area contributed by atoms with E-state index in [1.165, 1.54) is 0 Å². The second-order valence-corrected chi connectivity index (χ2v) is 6.73. The van der Waals surface area contributed by atoms with E-state index in [2.05, 4.69) is 48.1 Å². The van der Waals surface area contributed by atoms with Crippen LogP contribution < -0.4 is 11.1 Å². The van der Waals surface area contributed by atoms with Gasteiger partial charge in [-0.05, 0) is 46.7 Å². The van der Waals surface area contributed by atoms with E-state index in [1.807, 2.05) is 7.05 Å². The maximum atomic E-state index is 11.1. The summed E-state index contributed by atoms with van der Waals surface area (Å²) < 4.78 is 0. The number of hydrogen-bond acceptors (Lipinski definition) is 3. The van der Waals surface area contributed by atoms with Gasteiger partial charge in [0.15, 0.2) is 5.96 Å². The number of halogens is 1. The van der Waals surface area contributed by atoms with Crippen LogP contribution >= 0.6 is 24.0 Å². The summed E-state index contributed by atoms with van der Waals surface area (Å²) in [5, 5.41) is 3.45. The first kappa shape index (κ1) is 21.4. The second-order valence-electron chi connectivity index (χ2n) is 6.73. The number of carbonyl (C=O) groups is 1. The highest BCUT2D eigenvalue weighted by Gasteiger charge is 2.25. The topological polar surface area (TPSA) is 74.0 Å². The fourth-order valence-corrected chi connectivity index (χ4v) is 2.49. The summed E-state index contributed by atoms with van der Waals surface area (Å²) in [7, 11) is 5.96. The first-order valence-electron chi connectivity index (χ1n) is 7.67. The van der Waals surface area contributed by atoms with Crippen molar-refractivity contribution in [2.45, 2.75) is 38.6 Å². The van der Waals surface area contributed by atoms with E-state index in [0.717, 1.165) is 38.4 Å². The highest BCUT2D eigenvalue weighted by atomic mass is 127. The number of hydrogen-bond donors (Lipinski definition) is 2. The van der Waals surface area contributed by atoms with Gasteiger partial charge in [-0.15, -0.1) is 24.0 Å². The first-order chi connectivity index (χ1) is 9.76. The zero-order valence-electron chi connectivity index (χ0n) is 14.6. The Hall–Kier alpha value is -0.570. The van der Waals surface area contributed by atoms with Crippen LogP contribution in [-0.2, 0) is 4.79 Å². The summed E-state index contributed by atoms with van der Waals surface area (Å²) in [6.45, 7) is 7.05. The minimum atomic E-state index is -0.210. The molecule has 0 aliphatic carbocycles. The van der Waals surface area contributed by atoms with E-state index in [0.29, 0.717) is 12.3 Å². The Bertz CT molecular complexity index is 384.